The standard InChI is InChI=1S/C12H10Cl2O3/c1-6(7(2)12(16)17)11(15)8-3-4-9(13)10(14)5-8/h3-5H,1-2H3,(H,16,17)/b7-6+. The van der Waals surface area contributed by atoms with Crippen LogP contribution < -0.4 is 0 Å². The third-order valence-electron chi connectivity index (χ3n) is 2.41. The van der Waals surface area contributed by atoms with E-state index in [1.807, 2.05) is 0 Å². The molecule has 3 nitrogen and oxygen atoms in total. The molecule has 0 aliphatic heterocycles. The predicted octanol–water partition coefficient (Wildman–Crippen LogP) is 3.60. The maximum absolute atomic E-state index is 11.9. The lowest BCUT2D eigenvalue weighted by atomic mass is 10.0. The van der Waals surface area contributed by atoms with Crippen molar-refractivity contribution in [3.05, 3.63) is 45.0 Å². The van der Waals surface area contributed by atoms with Gasteiger partial charge in [-0.25, -0.2) is 4.79 Å². The molecule has 0 aliphatic carbocycles. The third-order valence-corrected chi connectivity index (χ3v) is 3.14. The number of carboxylic acid groups (broad SMARTS) is 1. The number of Topliss-reactive ketones (excluding diaryl/α,β-unsaturated/α-hetero) is 1. The first-order chi connectivity index (χ1) is 7.84. The number of benzene rings is 1. The van der Waals surface area contributed by atoms with Crippen LogP contribution >= 0.6 is 23.2 Å². The molecule has 0 fully saturated rings. The monoisotopic (exact) mass is 272 g/mol. The van der Waals surface area contributed by atoms with Crippen molar-refractivity contribution in [2.24, 2.45) is 0 Å². The zero-order valence-electron chi connectivity index (χ0n) is 9.25. The highest BCUT2D eigenvalue weighted by molar-refractivity contribution is 6.42. The molecule has 0 unspecified atom stereocenters. The molecule has 0 radical (unpaired) electrons. The van der Waals surface area contributed by atoms with Gasteiger partial charge in [-0.05, 0) is 32.0 Å². The van der Waals surface area contributed by atoms with Crippen molar-refractivity contribution in [1.82, 2.24) is 0 Å². The molecular formula is C12H10Cl2O3. The number of carbonyl (C=O) groups is 2. The molecule has 0 heterocycles. The van der Waals surface area contributed by atoms with Gasteiger partial charge in [0.1, 0.15) is 0 Å². The van der Waals surface area contributed by atoms with E-state index in [2.05, 4.69) is 0 Å². The maximum Gasteiger partial charge on any atom is 0.331 e. The number of carbonyl (C=O) groups excluding carboxylic acids is 1. The van der Waals surface area contributed by atoms with Gasteiger partial charge in [0.15, 0.2) is 5.78 Å². The molecular weight excluding hydrogens is 263 g/mol. The summed E-state index contributed by atoms with van der Waals surface area (Å²) in [5, 5.41) is 9.40. The summed E-state index contributed by atoms with van der Waals surface area (Å²) in [6, 6.07) is 4.43. The van der Waals surface area contributed by atoms with Gasteiger partial charge in [-0.15, -0.1) is 0 Å². The van der Waals surface area contributed by atoms with Gasteiger partial charge in [-0.2, -0.15) is 0 Å². The van der Waals surface area contributed by atoms with E-state index in [1.54, 1.807) is 0 Å². The number of hydrogen-bond donors (Lipinski definition) is 1. The number of halogens is 2. The minimum absolute atomic E-state index is 0.0149. The van der Waals surface area contributed by atoms with Crippen molar-refractivity contribution in [2.75, 3.05) is 0 Å². The lowest BCUT2D eigenvalue weighted by Crippen LogP contribution is -2.08. The number of aliphatic carboxylic acids is 1. The van der Waals surface area contributed by atoms with Crippen LogP contribution in [-0.4, -0.2) is 16.9 Å². The second kappa shape index (κ2) is 5.34. The summed E-state index contributed by atoms with van der Waals surface area (Å²) in [6.07, 6.45) is 0. The van der Waals surface area contributed by atoms with Gasteiger partial charge in [0, 0.05) is 16.7 Å². The Labute approximate surface area is 109 Å². The van der Waals surface area contributed by atoms with E-state index in [4.69, 9.17) is 28.3 Å². The second-order valence-corrected chi connectivity index (χ2v) is 4.33. The summed E-state index contributed by atoms with van der Waals surface area (Å²) in [7, 11) is 0. The average molecular weight is 273 g/mol. The Balaban J connectivity index is 3.18. The fourth-order valence-electron chi connectivity index (χ4n) is 1.18. The number of allylic oxidation sites excluding steroid dienone is 1. The first kappa shape index (κ1) is 13.7. The molecule has 0 saturated carbocycles. The van der Waals surface area contributed by atoms with Crippen LogP contribution in [0.1, 0.15) is 24.2 Å². The number of carboxylic acids is 1. The SMILES string of the molecule is C/C(C(=O)O)=C(/C)C(=O)c1ccc(Cl)c(Cl)c1. The molecule has 1 N–H and O–H groups in total. The summed E-state index contributed by atoms with van der Waals surface area (Å²) >= 11 is 11.5. The number of hydrogen-bond acceptors (Lipinski definition) is 2. The Morgan fingerprint density at radius 2 is 1.65 bits per heavy atom. The second-order valence-electron chi connectivity index (χ2n) is 3.51. The van der Waals surface area contributed by atoms with Gasteiger partial charge in [0.05, 0.1) is 10.0 Å². The topological polar surface area (TPSA) is 54.4 Å². The zero-order chi connectivity index (χ0) is 13.2. The molecule has 0 spiro atoms. The fourth-order valence-corrected chi connectivity index (χ4v) is 1.48. The average Bonchev–Trinajstić information content (AvgIpc) is 2.29. The van der Waals surface area contributed by atoms with E-state index >= 15 is 0 Å². The highest BCUT2D eigenvalue weighted by Gasteiger charge is 2.15. The van der Waals surface area contributed by atoms with Crippen LogP contribution in [0, 0.1) is 0 Å². The van der Waals surface area contributed by atoms with Crippen molar-refractivity contribution in [2.45, 2.75) is 13.8 Å². The van der Waals surface area contributed by atoms with Gasteiger partial charge < -0.3 is 5.11 Å². The highest BCUT2D eigenvalue weighted by Crippen LogP contribution is 2.24. The van der Waals surface area contributed by atoms with E-state index in [0.717, 1.165) is 0 Å². The van der Waals surface area contributed by atoms with Gasteiger partial charge in [-0.3, -0.25) is 4.79 Å². The molecule has 1 rings (SSSR count). The molecule has 1 aromatic rings. The van der Waals surface area contributed by atoms with Crippen LogP contribution in [0.5, 0.6) is 0 Å². The Bertz CT molecular complexity index is 518. The Kier molecular flexibility index (Phi) is 4.32. The maximum atomic E-state index is 11.9. The predicted molar refractivity (Wildman–Crippen MR) is 66.8 cm³/mol. The summed E-state index contributed by atoms with van der Waals surface area (Å²) in [6.45, 7) is 2.85. The molecule has 0 amide bonds. The number of rotatable bonds is 3. The van der Waals surface area contributed by atoms with Gasteiger partial charge in [-0.1, -0.05) is 23.2 Å². The largest absolute Gasteiger partial charge is 0.478 e. The Hall–Kier alpha value is -1.32. The zero-order valence-corrected chi connectivity index (χ0v) is 10.8. The van der Waals surface area contributed by atoms with Crippen LogP contribution in [0.15, 0.2) is 29.3 Å². The van der Waals surface area contributed by atoms with E-state index in [-0.39, 0.29) is 22.0 Å². The molecule has 0 aromatic heterocycles. The fraction of sp³-hybridized carbons (Fsp3) is 0.167. The summed E-state index contributed by atoms with van der Waals surface area (Å²) in [4.78, 5) is 22.7. The van der Waals surface area contributed by atoms with Crippen molar-refractivity contribution in [3.8, 4) is 0 Å². The molecule has 0 atom stereocenters. The van der Waals surface area contributed by atoms with Crippen molar-refractivity contribution in [3.63, 3.8) is 0 Å². The summed E-state index contributed by atoms with van der Waals surface area (Å²) in [5.41, 5.74) is 0.509. The molecule has 0 aliphatic rings. The summed E-state index contributed by atoms with van der Waals surface area (Å²) in [5.74, 6) is -1.49. The smallest absolute Gasteiger partial charge is 0.331 e. The Morgan fingerprint density at radius 1 is 1.06 bits per heavy atom. The molecule has 90 valence electrons. The lowest BCUT2D eigenvalue weighted by Gasteiger charge is -2.05. The van der Waals surface area contributed by atoms with Gasteiger partial charge in [0.2, 0.25) is 0 Å². The highest BCUT2D eigenvalue weighted by atomic mass is 35.5. The van der Waals surface area contributed by atoms with E-state index < -0.39 is 5.97 Å². The van der Waals surface area contributed by atoms with E-state index in [0.29, 0.717) is 10.6 Å². The lowest BCUT2D eigenvalue weighted by molar-refractivity contribution is -0.132. The van der Waals surface area contributed by atoms with Crippen LogP contribution in [0.2, 0.25) is 10.0 Å². The van der Waals surface area contributed by atoms with E-state index in [9.17, 15) is 9.59 Å². The minimum atomic E-state index is -1.11. The van der Waals surface area contributed by atoms with Crippen LogP contribution in [0.4, 0.5) is 0 Å². The van der Waals surface area contributed by atoms with Crippen molar-refractivity contribution < 1.29 is 14.7 Å². The molecule has 5 heteroatoms. The minimum Gasteiger partial charge on any atom is -0.478 e. The van der Waals surface area contributed by atoms with Crippen molar-refractivity contribution >= 4 is 35.0 Å². The Morgan fingerprint density at radius 3 is 2.12 bits per heavy atom. The first-order valence-electron chi connectivity index (χ1n) is 4.75. The molecule has 0 bridgehead atoms. The van der Waals surface area contributed by atoms with E-state index in [1.165, 1.54) is 32.0 Å². The molecule has 17 heavy (non-hydrogen) atoms. The van der Waals surface area contributed by atoms with Crippen LogP contribution in [0.3, 0.4) is 0 Å². The van der Waals surface area contributed by atoms with Crippen LogP contribution in [-0.2, 0) is 4.79 Å². The van der Waals surface area contributed by atoms with Crippen LogP contribution in [0.25, 0.3) is 0 Å². The number of ketones is 1. The normalized spacial score (nSPS) is 12.0. The third kappa shape index (κ3) is 3.08. The summed E-state index contributed by atoms with van der Waals surface area (Å²) < 4.78 is 0. The van der Waals surface area contributed by atoms with Crippen molar-refractivity contribution in [1.29, 1.82) is 0 Å². The van der Waals surface area contributed by atoms with Gasteiger partial charge >= 0.3 is 5.97 Å². The van der Waals surface area contributed by atoms with Gasteiger partial charge in [0.25, 0.3) is 0 Å². The molecule has 0 saturated heterocycles. The molecule has 1 aromatic carbocycles. The quantitative estimate of drug-likeness (QED) is 0.676. The first-order valence-corrected chi connectivity index (χ1v) is 5.50.